The zero-order chi connectivity index (χ0) is 24.4. The molecule has 0 saturated carbocycles. The smallest absolute Gasteiger partial charge is 0.243 e. The molecule has 186 valence electrons. The molecule has 0 spiro atoms. The van der Waals surface area contributed by atoms with Crippen LogP contribution >= 0.6 is 11.3 Å². The van der Waals surface area contributed by atoms with Crippen molar-refractivity contribution in [3.63, 3.8) is 0 Å². The van der Waals surface area contributed by atoms with Crippen LogP contribution in [0.25, 0.3) is 10.7 Å². The molecule has 2 aliphatic heterocycles. The van der Waals surface area contributed by atoms with Crippen LogP contribution in [0.2, 0.25) is 0 Å². The molecule has 4 heterocycles. The highest BCUT2D eigenvalue weighted by molar-refractivity contribution is 7.89. The van der Waals surface area contributed by atoms with Crippen LogP contribution in [0.1, 0.15) is 24.3 Å². The Morgan fingerprint density at radius 3 is 2.60 bits per heavy atom. The van der Waals surface area contributed by atoms with E-state index in [9.17, 15) is 13.2 Å². The molecular formula is C24H29N5O4S2. The number of amides is 1. The van der Waals surface area contributed by atoms with Gasteiger partial charge in [0.2, 0.25) is 27.6 Å². The van der Waals surface area contributed by atoms with Crippen molar-refractivity contribution < 1.29 is 17.7 Å². The lowest BCUT2D eigenvalue weighted by Crippen LogP contribution is -2.53. The fraction of sp³-hybridized carbons (Fsp3) is 0.458. The van der Waals surface area contributed by atoms with Gasteiger partial charge >= 0.3 is 0 Å². The predicted octanol–water partition coefficient (Wildman–Crippen LogP) is 2.85. The Hall–Kier alpha value is -2.60. The van der Waals surface area contributed by atoms with Gasteiger partial charge in [-0.2, -0.15) is 9.29 Å². The normalized spacial score (nSPS) is 20.3. The van der Waals surface area contributed by atoms with Gasteiger partial charge in [-0.25, -0.2) is 8.42 Å². The average molecular weight is 516 g/mol. The van der Waals surface area contributed by atoms with Crippen LogP contribution in [0, 0.1) is 12.8 Å². The average Bonchev–Trinajstić information content (AvgIpc) is 3.57. The van der Waals surface area contributed by atoms with Crippen LogP contribution in [0.3, 0.4) is 0 Å². The number of piperidine rings is 1. The van der Waals surface area contributed by atoms with Crippen molar-refractivity contribution in [2.45, 2.75) is 31.2 Å². The number of sulfonamides is 1. The van der Waals surface area contributed by atoms with Gasteiger partial charge in [0.25, 0.3) is 0 Å². The Kier molecular flexibility index (Phi) is 7.01. The number of carbonyl (C=O) groups excluding carboxylic acids is 1. The number of piperazine rings is 1. The summed E-state index contributed by atoms with van der Waals surface area (Å²) in [5.74, 6) is 1.14. The SMILES string of the molecule is Cc1ccc(S(=O)(=O)N2CCN(C(=O)C3CCCN(Cc4nc(-c5cccs5)no4)C3)CC2)cc1. The Bertz CT molecular complexity index is 1250. The third-order valence-corrected chi connectivity index (χ3v) is 9.41. The summed E-state index contributed by atoms with van der Waals surface area (Å²) < 4.78 is 32.9. The molecule has 1 atom stereocenters. The van der Waals surface area contributed by atoms with E-state index < -0.39 is 10.0 Å². The zero-order valence-electron chi connectivity index (χ0n) is 19.7. The van der Waals surface area contributed by atoms with Crippen molar-refractivity contribution in [3.8, 4) is 10.7 Å². The zero-order valence-corrected chi connectivity index (χ0v) is 21.3. The van der Waals surface area contributed by atoms with Gasteiger partial charge in [0, 0.05) is 32.7 Å². The number of nitrogens with zero attached hydrogens (tertiary/aromatic N) is 5. The second-order valence-electron chi connectivity index (χ2n) is 9.11. The van der Waals surface area contributed by atoms with Crippen molar-refractivity contribution in [1.29, 1.82) is 0 Å². The second kappa shape index (κ2) is 10.2. The van der Waals surface area contributed by atoms with E-state index in [0.717, 1.165) is 29.8 Å². The molecule has 2 saturated heterocycles. The van der Waals surface area contributed by atoms with Gasteiger partial charge in [-0.3, -0.25) is 9.69 Å². The van der Waals surface area contributed by atoms with Crippen molar-refractivity contribution in [3.05, 3.63) is 53.2 Å². The van der Waals surface area contributed by atoms with E-state index in [0.29, 0.717) is 55.9 Å². The monoisotopic (exact) mass is 515 g/mol. The first-order valence-electron chi connectivity index (χ1n) is 11.8. The van der Waals surface area contributed by atoms with Gasteiger partial charge in [-0.15, -0.1) is 11.3 Å². The van der Waals surface area contributed by atoms with Crippen LogP contribution in [-0.4, -0.2) is 77.8 Å². The molecule has 2 aromatic heterocycles. The molecule has 0 N–H and O–H groups in total. The number of carbonyl (C=O) groups is 1. The molecule has 1 unspecified atom stereocenters. The number of likely N-dealkylation sites (tertiary alicyclic amines) is 1. The third-order valence-electron chi connectivity index (χ3n) is 6.63. The summed E-state index contributed by atoms with van der Waals surface area (Å²) in [6.45, 7) is 5.41. The van der Waals surface area contributed by atoms with Crippen molar-refractivity contribution in [1.82, 2.24) is 24.2 Å². The number of rotatable bonds is 6. The highest BCUT2D eigenvalue weighted by Crippen LogP contribution is 2.25. The number of hydrogen-bond donors (Lipinski definition) is 0. The third kappa shape index (κ3) is 5.32. The fourth-order valence-electron chi connectivity index (χ4n) is 4.68. The first-order chi connectivity index (χ1) is 16.9. The van der Waals surface area contributed by atoms with Crippen LogP contribution in [0.15, 0.2) is 51.2 Å². The van der Waals surface area contributed by atoms with E-state index in [4.69, 9.17) is 4.52 Å². The van der Waals surface area contributed by atoms with Gasteiger partial charge in [0.15, 0.2) is 0 Å². The standard InChI is InChI=1S/C24H29N5O4S2/c1-18-6-8-20(9-7-18)35(31,32)29-13-11-28(12-14-29)24(30)19-4-2-10-27(16-19)17-22-25-23(26-33-22)21-5-3-15-34-21/h3,5-9,15,19H,2,4,10-14,16-17H2,1H3. The quantitative estimate of drug-likeness (QED) is 0.498. The predicted molar refractivity (Wildman–Crippen MR) is 132 cm³/mol. The fourth-order valence-corrected chi connectivity index (χ4v) is 6.75. The molecule has 35 heavy (non-hydrogen) atoms. The topological polar surface area (TPSA) is 99.9 Å². The molecule has 0 aliphatic carbocycles. The minimum atomic E-state index is -3.55. The molecule has 1 amide bonds. The van der Waals surface area contributed by atoms with E-state index in [1.807, 2.05) is 29.3 Å². The summed E-state index contributed by atoms with van der Waals surface area (Å²) in [6.07, 6.45) is 1.76. The van der Waals surface area contributed by atoms with E-state index >= 15 is 0 Å². The van der Waals surface area contributed by atoms with E-state index in [1.165, 1.54) is 4.31 Å². The molecule has 3 aromatic rings. The Morgan fingerprint density at radius 1 is 1.11 bits per heavy atom. The maximum absolute atomic E-state index is 13.3. The largest absolute Gasteiger partial charge is 0.340 e. The molecule has 2 fully saturated rings. The highest BCUT2D eigenvalue weighted by Gasteiger charge is 2.34. The molecule has 5 rings (SSSR count). The van der Waals surface area contributed by atoms with Gasteiger partial charge in [-0.1, -0.05) is 28.9 Å². The van der Waals surface area contributed by atoms with Gasteiger partial charge < -0.3 is 9.42 Å². The molecule has 11 heteroatoms. The van der Waals surface area contributed by atoms with E-state index in [-0.39, 0.29) is 11.8 Å². The minimum absolute atomic E-state index is 0.104. The summed E-state index contributed by atoms with van der Waals surface area (Å²) in [4.78, 5) is 23.0. The van der Waals surface area contributed by atoms with Crippen LogP contribution in [-0.2, 0) is 21.4 Å². The summed E-state index contributed by atoms with van der Waals surface area (Å²) >= 11 is 1.57. The lowest BCUT2D eigenvalue weighted by molar-refractivity contribution is -0.138. The highest BCUT2D eigenvalue weighted by atomic mass is 32.2. The first kappa shape index (κ1) is 24.1. The molecule has 0 bridgehead atoms. The van der Waals surface area contributed by atoms with E-state index in [1.54, 1.807) is 35.6 Å². The summed E-state index contributed by atoms with van der Waals surface area (Å²) in [5.41, 5.74) is 1.02. The number of aromatic nitrogens is 2. The maximum Gasteiger partial charge on any atom is 0.243 e. The van der Waals surface area contributed by atoms with Crippen LogP contribution < -0.4 is 0 Å². The minimum Gasteiger partial charge on any atom is -0.340 e. The van der Waals surface area contributed by atoms with Gasteiger partial charge in [0.05, 0.1) is 22.2 Å². The molecule has 2 aliphatic rings. The second-order valence-corrected chi connectivity index (χ2v) is 12.0. The maximum atomic E-state index is 13.3. The van der Waals surface area contributed by atoms with Crippen LogP contribution in [0.4, 0.5) is 0 Å². The summed E-state index contributed by atoms with van der Waals surface area (Å²) in [7, 11) is -3.55. The lowest BCUT2D eigenvalue weighted by Gasteiger charge is -2.38. The number of benzene rings is 1. The van der Waals surface area contributed by atoms with Gasteiger partial charge in [0.1, 0.15) is 0 Å². The number of hydrogen-bond acceptors (Lipinski definition) is 8. The molecule has 1 aromatic carbocycles. The summed E-state index contributed by atoms with van der Waals surface area (Å²) in [5, 5.41) is 6.05. The van der Waals surface area contributed by atoms with Crippen molar-refractivity contribution in [2.24, 2.45) is 5.92 Å². The number of aryl methyl sites for hydroxylation is 1. The Balaban J connectivity index is 1.15. The lowest BCUT2D eigenvalue weighted by atomic mass is 9.96. The summed E-state index contributed by atoms with van der Waals surface area (Å²) in [6, 6.07) is 10.8. The molecular weight excluding hydrogens is 486 g/mol. The molecule has 0 radical (unpaired) electrons. The van der Waals surface area contributed by atoms with Crippen LogP contribution in [0.5, 0.6) is 0 Å². The van der Waals surface area contributed by atoms with Gasteiger partial charge in [-0.05, 0) is 49.9 Å². The van der Waals surface area contributed by atoms with Crippen molar-refractivity contribution in [2.75, 3.05) is 39.3 Å². The van der Waals surface area contributed by atoms with E-state index in [2.05, 4.69) is 15.0 Å². The van der Waals surface area contributed by atoms with Crippen molar-refractivity contribution >= 4 is 27.3 Å². The number of thiophene rings is 1. The Morgan fingerprint density at radius 2 is 1.89 bits per heavy atom. The molecule has 9 nitrogen and oxygen atoms in total. The first-order valence-corrected chi connectivity index (χ1v) is 14.2. The Labute approximate surface area is 209 Å².